The first kappa shape index (κ1) is 22.9. The molecular formula is C23H24N2O4S2. The number of hydrogen-bond acceptors (Lipinski definition) is 5. The highest BCUT2D eigenvalue weighted by Crippen LogP contribution is 2.33. The zero-order valence-corrected chi connectivity index (χ0v) is 18.9. The highest BCUT2D eigenvalue weighted by Gasteiger charge is 2.15. The molecule has 0 saturated carbocycles. The highest BCUT2D eigenvalue weighted by atomic mass is 32.2. The summed E-state index contributed by atoms with van der Waals surface area (Å²) in [5.41, 5.74) is 0.700. The molecule has 0 aliphatic heterocycles. The Morgan fingerprint density at radius 1 is 0.935 bits per heavy atom. The Labute approximate surface area is 187 Å². The molecule has 0 radical (unpaired) electrons. The molecule has 3 rings (SSSR count). The molecule has 0 aliphatic carbocycles. The standard InChI is InChI=1S/C23H24N2O4S2/c1-17(2)25-31(27,28)20-14-12-18(13-15-20)29-16-23(26)24-21-10-6-7-11-22(21)30-19-8-4-3-5-9-19/h3-15,17,25H,16H2,1-2H3,(H,24,26). The summed E-state index contributed by atoms with van der Waals surface area (Å²) in [6.45, 7) is 3.31. The van der Waals surface area contributed by atoms with Gasteiger partial charge in [0.1, 0.15) is 5.75 Å². The van der Waals surface area contributed by atoms with E-state index in [9.17, 15) is 13.2 Å². The van der Waals surface area contributed by atoms with E-state index in [0.29, 0.717) is 11.4 Å². The molecule has 31 heavy (non-hydrogen) atoms. The molecule has 0 atom stereocenters. The summed E-state index contributed by atoms with van der Waals surface area (Å²) in [4.78, 5) is 14.5. The minimum absolute atomic E-state index is 0.143. The number of anilines is 1. The molecule has 0 bridgehead atoms. The summed E-state index contributed by atoms with van der Waals surface area (Å²) in [7, 11) is -3.57. The smallest absolute Gasteiger partial charge is 0.262 e. The van der Waals surface area contributed by atoms with Gasteiger partial charge in [0.15, 0.2) is 6.61 Å². The van der Waals surface area contributed by atoms with Crippen LogP contribution in [0.5, 0.6) is 5.75 Å². The lowest BCUT2D eigenvalue weighted by molar-refractivity contribution is -0.118. The van der Waals surface area contributed by atoms with Gasteiger partial charge in [0.25, 0.3) is 5.91 Å². The summed E-state index contributed by atoms with van der Waals surface area (Å²) in [5, 5.41) is 2.87. The third kappa shape index (κ3) is 6.85. The van der Waals surface area contributed by atoms with Crippen LogP contribution in [0.15, 0.2) is 93.5 Å². The minimum atomic E-state index is -3.57. The third-order valence-electron chi connectivity index (χ3n) is 4.03. The average Bonchev–Trinajstić information content (AvgIpc) is 2.74. The van der Waals surface area contributed by atoms with Crippen LogP contribution in [0.25, 0.3) is 0 Å². The summed E-state index contributed by atoms with van der Waals surface area (Å²) >= 11 is 1.56. The van der Waals surface area contributed by atoms with Crippen molar-refractivity contribution < 1.29 is 17.9 Å². The zero-order valence-electron chi connectivity index (χ0n) is 17.2. The predicted octanol–water partition coefficient (Wildman–Crippen LogP) is 4.54. The molecule has 8 heteroatoms. The maximum Gasteiger partial charge on any atom is 0.262 e. The molecule has 2 N–H and O–H groups in total. The number of para-hydroxylation sites is 1. The van der Waals surface area contributed by atoms with E-state index >= 15 is 0 Å². The van der Waals surface area contributed by atoms with Crippen molar-refractivity contribution in [2.45, 2.75) is 34.6 Å². The molecule has 3 aromatic carbocycles. The van der Waals surface area contributed by atoms with Crippen molar-refractivity contribution in [3.63, 3.8) is 0 Å². The molecule has 0 aromatic heterocycles. The van der Waals surface area contributed by atoms with E-state index in [1.165, 1.54) is 24.3 Å². The number of nitrogens with one attached hydrogen (secondary N) is 2. The maximum absolute atomic E-state index is 12.4. The normalized spacial score (nSPS) is 11.3. The molecule has 0 unspecified atom stereocenters. The van der Waals surface area contributed by atoms with Gasteiger partial charge in [-0.25, -0.2) is 13.1 Å². The van der Waals surface area contributed by atoms with E-state index in [0.717, 1.165) is 9.79 Å². The Kier molecular flexibility index (Phi) is 7.73. The van der Waals surface area contributed by atoms with Gasteiger partial charge in [0, 0.05) is 15.8 Å². The first-order valence-corrected chi connectivity index (χ1v) is 12.0. The Morgan fingerprint density at radius 2 is 1.58 bits per heavy atom. The lowest BCUT2D eigenvalue weighted by Gasteiger charge is -2.12. The van der Waals surface area contributed by atoms with E-state index < -0.39 is 10.0 Å². The first-order chi connectivity index (χ1) is 14.8. The van der Waals surface area contributed by atoms with Crippen LogP contribution in [0.3, 0.4) is 0 Å². The van der Waals surface area contributed by atoms with Crippen molar-refractivity contribution in [1.82, 2.24) is 4.72 Å². The molecule has 162 valence electrons. The fraction of sp³-hybridized carbons (Fsp3) is 0.174. The first-order valence-electron chi connectivity index (χ1n) is 9.70. The molecule has 0 fully saturated rings. The second-order valence-electron chi connectivity index (χ2n) is 7.00. The molecule has 1 amide bonds. The highest BCUT2D eigenvalue weighted by molar-refractivity contribution is 7.99. The largest absolute Gasteiger partial charge is 0.484 e. The summed E-state index contributed by atoms with van der Waals surface area (Å²) in [6, 6.07) is 23.2. The van der Waals surface area contributed by atoms with E-state index in [4.69, 9.17) is 4.74 Å². The minimum Gasteiger partial charge on any atom is -0.484 e. The van der Waals surface area contributed by atoms with Gasteiger partial charge in [-0.2, -0.15) is 0 Å². The quantitative estimate of drug-likeness (QED) is 0.494. The van der Waals surface area contributed by atoms with E-state index in [2.05, 4.69) is 10.0 Å². The summed E-state index contributed by atoms with van der Waals surface area (Å²) in [6.07, 6.45) is 0. The molecular weight excluding hydrogens is 432 g/mol. The lowest BCUT2D eigenvalue weighted by Crippen LogP contribution is -2.30. The average molecular weight is 457 g/mol. The van der Waals surface area contributed by atoms with Gasteiger partial charge in [-0.15, -0.1) is 0 Å². The van der Waals surface area contributed by atoms with Crippen LogP contribution < -0.4 is 14.8 Å². The van der Waals surface area contributed by atoms with E-state index in [1.54, 1.807) is 25.6 Å². The molecule has 0 heterocycles. The van der Waals surface area contributed by atoms with Gasteiger partial charge >= 0.3 is 0 Å². The number of sulfonamides is 1. The van der Waals surface area contributed by atoms with Crippen LogP contribution in [0, 0.1) is 0 Å². The summed E-state index contributed by atoms with van der Waals surface area (Å²) in [5.74, 6) is 0.102. The number of carbonyl (C=O) groups is 1. The van der Waals surface area contributed by atoms with Gasteiger partial charge in [-0.1, -0.05) is 42.1 Å². The second-order valence-corrected chi connectivity index (χ2v) is 9.82. The zero-order chi connectivity index (χ0) is 22.3. The van der Waals surface area contributed by atoms with Crippen LogP contribution in [-0.4, -0.2) is 27.0 Å². The van der Waals surface area contributed by atoms with Crippen LogP contribution in [0.2, 0.25) is 0 Å². The van der Waals surface area contributed by atoms with Crippen molar-refractivity contribution in [3.8, 4) is 5.75 Å². The van der Waals surface area contributed by atoms with Crippen LogP contribution in [0.1, 0.15) is 13.8 Å². The molecule has 6 nitrogen and oxygen atoms in total. The maximum atomic E-state index is 12.4. The number of benzene rings is 3. The van der Waals surface area contributed by atoms with E-state index in [1.807, 2.05) is 54.6 Å². The van der Waals surface area contributed by atoms with Gasteiger partial charge in [0.2, 0.25) is 10.0 Å². The molecule has 0 spiro atoms. The SMILES string of the molecule is CC(C)NS(=O)(=O)c1ccc(OCC(=O)Nc2ccccc2Sc2ccccc2)cc1. The van der Waals surface area contributed by atoms with Crippen molar-refractivity contribution in [2.24, 2.45) is 0 Å². The Morgan fingerprint density at radius 3 is 2.26 bits per heavy atom. The fourth-order valence-corrected chi connectivity index (χ4v) is 4.88. The van der Waals surface area contributed by atoms with Crippen molar-refractivity contribution in [1.29, 1.82) is 0 Å². The van der Waals surface area contributed by atoms with Crippen molar-refractivity contribution >= 4 is 33.4 Å². The number of rotatable bonds is 9. The second kappa shape index (κ2) is 10.5. The van der Waals surface area contributed by atoms with Crippen LogP contribution in [0.4, 0.5) is 5.69 Å². The van der Waals surface area contributed by atoms with E-state index in [-0.39, 0.29) is 23.5 Å². The van der Waals surface area contributed by atoms with Gasteiger partial charge in [0.05, 0.1) is 10.6 Å². The Balaban J connectivity index is 1.59. The Bertz CT molecular complexity index is 1120. The lowest BCUT2D eigenvalue weighted by atomic mass is 10.3. The number of hydrogen-bond donors (Lipinski definition) is 2. The molecule has 0 aliphatic rings. The van der Waals surface area contributed by atoms with Crippen molar-refractivity contribution in [3.05, 3.63) is 78.9 Å². The van der Waals surface area contributed by atoms with Crippen LogP contribution >= 0.6 is 11.8 Å². The van der Waals surface area contributed by atoms with Gasteiger partial charge in [-0.05, 0) is 62.4 Å². The third-order valence-corrected chi connectivity index (χ3v) is 6.79. The molecule has 3 aromatic rings. The van der Waals surface area contributed by atoms with Gasteiger partial charge < -0.3 is 10.1 Å². The predicted molar refractivity (Wildman–Crippen MR) is 123 cm³/mol. The number of carbonyl (C=O) groups excluding carboxylic acids is 1. The topological polar surface area (TPSA) is 84.5 Å². The fourth-order valence-electron chi connectivity index (χ4n) is 2.70. The monoisotopic (exact) mass is 456 g/mol. The number of ether oxygens (including phenoxy) is 1. The van der Waals surface area contributed by atoms with Gasteiger partial charge in [-0.3, -0.25) is 4.79 Å². The van der Waals surface area contributed by atoms with Crippen LogP contribution in [-0.2, 0) is 14.8 Å². The number of amides is 1. The Hall–Kier alpha value is -2.81. The van der Waals surface area contributed by atoms with Crippen molar-refractivity contribution in [2.75, 3.05) is 11.9 Å². The molecule has 0 saturated heterocycles. The summed E-state index contributed by atoms with van der Waals surface area (Å²) < 4.78 is 32.4.